The van der Waals surface area contributed by atoms with Crippen LogP contribution in [0.3, 0.4) is 0 Å². The summed E-state index contributed by atoms with van der Waals surface area (Å²) in [6, 6.07) is 4.09. The van der Waals surface area contributed by atoms with Crippen LogP contribution in [-0.4, -0.2) is 5.91 Å². The topological polar surface area (TPSA) is 29.1 Å². The molecule has 1 N–H and O–H groups in total. The highest BCUT2D eigenvalue weighted by atomic mass is 32.1. The highest BCUT2D eigenvalue weighted by Crippen LogP contribution is 2.14. The molecular weight excluding hydrogens is 158 g/mol. The molecule has 3 heteroatoms. The highest BCUT2D eigenvalue weighted by molar-refractivity contribution is 7.11. The van der Waals surface area contributed by atoms with Gasteiger partial charge in [-0.05, 0) is 19.1 Å². The zero-order valence-corrected chi connectivity index (χ0v) is 7.49. The van der Waals surface area contributed by atoms with Crippen molar-refractivity contribution >= 4 is 17.2 Å². The maximum Gasteiger partial charge on any atom is 0.217 e. The smallest absolute Gasteiger partial charge is 0.217 e. The summed E-state index contributed by atoms with van der Waals surface area (Å²) < 4.78 is 0. The van der Waals surface area contributed by atoms with Crippen LogP contribution in [0.4, 0.5) is 0 Å². The van der Waals surface area contributed by atoms with E-state index in [-0.39, 0.29) is 5.91 Å². The van der Waals surface area contributed by atoms with Gasteiger partial charge >= 0.3 is 0 Å². The van der Waals surface area contributed by atoms with Crippen LogP contribution in [0, 0.1) is 6.92 Å². The number of hydrogen-bond acceptors (Lipinski definition) is 2. The zero-order valence-electron chi connectivity index (χ0n) is 6.68. The fraction of sp³-hybridized carbons (Fsp3) is 0.375. The number of nitrogens with one attached hydrogen (secondary N) is 1. The van der Waals surface area contributed by atoms with Gasteiger partial charge in [-0.3, -0.25) is 4.79 Å². The number of carbonyl (C=O) groups is 1. The van der Waals surface area contributed by atoms with Crippen molar-refractivity contribution in [1.82, 2.24) is 5.32 Å². The maximum atomic E-state index is 10.5. The Morgan fingerprint density at radius 3 is 2.82 bits per heavy atom. The molecule has 0 saturated carbocycles. The van der Waals surface area contributed by atoms with Gasteiger partial charge < -0.3 is 5.32 Å². The molecule has 1 aromatic rings. The molecular formula is C8H11NOS. The molecule has 1 amide bonds. The van der Waals surface area contributed by atoms with Gasteiger partial charge in [0.05, 0.1) is 6.54 Å². The first-order valence-electron chi connectivity index (χ1n) is 3.48. The molecule has 0 aromatic carbocycles. The highest BCUT2D eigenvalue weighted by Gasteiger charge is 1.96. The normalized spacial score (nSPS) is 9.64. The van der Waals surface area contributed by atoms with Gasteiger partial charge in [-0.25, -0.2) is 0 Å². The Balaban J connectivity index is 2.45. The van der Waals surface area contributed by atoms with Gasteiger partial charge in [-0.1, -0.05) is 0 Å². The van der Waals surface area contributed by atoms with Crippen molar-refractivity contribution in [2.45, 2.75) is 20.4 Å². The Morgan fingerprint density at radius 2 is 2.36 bits per heavy atom. The first-order chi connectivity index (χ1) is 5.18. The van der Waals surface area contributed by atoms with E-state index in [1.165, 1.54) is 16.7 Å². The fourth-order valence-electron chi connectivity index (χ4n) is 0.792. The Hall–Kier alpha value is -0.830. The SMILES string of the molecule is CC(=O)NCc1ccc(C)s1. The van der Waals surface area contributed by atoms with E-state index in [2.05, 4.69) is 18.3 Å². The number of thiophene rings is 1. The molecule has 0 atom stereocenters. The summed E-state index contributed by atoms with van der Waals surface area (Å²) in [6.45, 7) is 4.25. The summed E-state index contributed by atoms with van der Waals surface area (Å²) in [4.78, 5) is 13.0. The fourth-order valence-corrected chi connectivity index (χ4v) is 1.62. The van der Waals surface area contributed by atoms with Gasteiger partial charge in [0.1, 0.15) is 0 Å². The predicted octanol–water partition coefficient (Wildman–Crippen LogP) is 1.69. The van der Waals surface area contributed by atoms with Crippen molar-refractivity contribution in [2.75, 3.05) is 0 Å². The summed E-state index contributed by atoms with van der Waals surface area (Å²) in [6.07, 6.45) is 0. The Kier molecular flexibility index (Phi) is 2.65. The Labute approximate surface area is 70.2 Å². The third-order valence-corrected chi connectivity index (χ3v) is 2.31. The minimum Gasteiger partial charge on any atom is -0.351 e. The molecule has 0 fully saturated rings. The predicted molar refractivity (Wildman–Crippen MR) is 46.6 cm³/mol. The summed E-state index contributed by atoms with van der Waals surface area (Å²) in [5.41, 5.74) is 0. The molecule has 0 saturated heterocycles. The lowest BCUT2D eigenvalue weighted by Crippen LogP contribution is -2.17. The standard InChI is InChI=1S/C8H11NOS/c1-6-3-4-8(11-6)5-9-7(2)10/h3-4H,5H2,1-2H3,(H,9,10). The van der Waals surface area contributed by atoms with Crippen LogP contribution in [-0.2, 0) is 11.3 Å². The maximum absolute atomic E-state index is 10.5. The lowest BCUT2D eigenvalue weighted by molar-refractivity contribution is -0.119. The van der Waals surface area contributed by atoms with Gasteiger partial charge in [0, 0.05) is 16.7 Å². The molecule has 0 aliphatic carbocycles. The van der Waals surface area contributed by atoms with Crippen LogP contribution in [0.2, 0.25) is 0 Å². The van der Waals surface area contributed by atoms with Gasteiger partial charge in [-0.2, -0.15) is 0 Å². The van der Waals surface area contributed by atoms with Crippen LogP contribution < -0.4 is 5.32 Å². The van der Waals surface area contributed by atoms with E-state index in [1.54, 1.807) is 11.3 Å². The van der Waals surface area contributed by atoms with Gasteiger partial charge in [-0.15, -0.1) is 11.3 Å². The van der Waals surface area contributed by atoms with Crippen LogP contribution >= 0.6 is 11.3 Å². The van der Waals surface area contributed by atoms with Crippen molar-refractivity contribution in [2.24, 2.45) is 0 Å². The summed E-state index contributed by atoms with van der Waals surface area (Å²) in [5.74, 6) is 0.0241. The molecule has 0 spiro atoms. The van der Waals surface area contributed by atoms with Crippen molar-refractivity contribution in [3.05, 3.63) is 21.9 Å². The van der Waals surface area contributed by atoms with E-state index < -0.39 is 0 Å². The number of hydrogen-bond donors (Lipinski definition) is 1. The lowest BCUT2D eigenvalue weighted by Gasteiger charge is -1.96. The van der Waals surface area contributed by atoms with Gasteiger partial charge in [0.15, 0.2) is 0 Å². The molecule has 1 heterocycles. The summed E-state index contributed by atoms with van der Waals surface area (Å²) in [5, 5.41) is 2.75. The molecule has 0 aliphatic heterocycles. The average Bonchev–Trinajstić information content (AvgIpc) is 2.31. The molecule has 0 unspecified atom stereocenters. The number of rotatable bonds is 2. The van der Waals surface area contributed by atoms with Crippen LogP contribution in [0.15, 0.2) is 12.1 Å². The first-order valence-corrected chi connectivity index (χ1v) is 4.30. The molecule has 60 valence electrons. The molecule has 0 aliphatic rings. The molecule has 11 heavy (non-hydrogen) atoms. The van der Waals surface area contributed by atoms with Crippen molar-refractivity contribution in [3.8, 4) is 0 Å². The van der Waals surface area contributed by atoms with E-state index in [0.717, 1.165) is 0 Å². The number of aryl methyl sites for hydroxylation is 1. The molecule has 1 aromatic heterocycles. The zero-order chi connectivity index (χ0) is 8.27. The second-order valence-corrected chi connectivity index (χ2v) is 3.79. The van der Waals surface area contributed by atoms with E-state index in [4.69, 9.17) is 0 Å². The van der Waals surface area contributed by atoms with Crippen molar-refractivity contribution < 1.29 is 4.79 Å². The van der Waals surface area contributed by atoms with Crippen LogP contribution in [0.1, 0.15) is 16.7 Å². The van der Waals surface area contributed by atoms with Crippen molar-refractivity contribution in [1.29, 1.82) is 0 Å². The third-order valence-electron chi connectivity index (χ3n) is 1.31. The third kappa shape index (κ3) is 2.72. The molecule has 2 nitrogen and oxygen atoms in total. The molecule has 1 rings (SSSR count). The number of amides is 1. The second kappa shape index (κ2) is 3.53. The van der Waals surface area contributed by atoms with Gasteiger partial charge in [0.25, 0.3) is 0 Å². The van der Waals surface area contributed by atoms with E-state index in [0.29, 0.717) is 6.54 Å². The average molecular weight is 169 g/mol. The van der Waals surface area contributed by atoms with Gasteiger partial charge in [0.2, 0.25) is 5.91 Å². The molecule has 0 radical (unpaired) electrons. The van der Waals surface area contributed by atoms with E-state index >= 15 is 0 Å². The van der Waals surface area contributed by atoms with Crippen molar-refractivity contribution in [3.63, 3.8) is 0 Å². The largest absolute Gasteiger partial charge is 0.351 e. The summed E-state index contributed by atoms with van der Waals surface area (Å²) in [7, 11) is 0. The van der Waals surface area contributed by atoms with E-state index in [1.807, 2.05) is 6.07 Å². The van der Waals surface area contributed by atoms with E-state index in [9.17, 15) is 4.79 Å². The number of carbonyl (C=O) groups excluding carboxylic acids is 1. The Bertz CT molecular complexity index is 254. The summed E-state index contributed by atoms with van der Waals surface area (Å²) >= 11 is 1.72. The first kappa shape index (κ1) is 8.27. The minimum atomic E-state index is 0.0241. The lowest BCUT2D eigenvalue weighted by atomic mass is 10.4. The molecule has 0 bridgehead atoms. The van der Waals surface area contributed by atoms with Crippen LogP contribution in [0.5, 0.6) is 0 Å². The Morgan fingerprint density at radius 1 is 1.64 bits per heavy atom. The monoisotopic (exact) mass is 169 g/mol. The van der Waals surface area contributed by atoms with Crippen LogP contribution in [0.25, 0.3) is 0 Å². The quantitative estimate of drug-likeness (QED) is 0.717. The minimum absolute atomic E-state index is 0.0241. The second-order valence-electron chi connectivity index (χ2n) is 2.42.